The normalized spacial score (nSPS) is 13.0. The molecule has 85 heavy (non-hydrogen) atoms. The number of fused-ring (bicyclic) bond motifs is 2. The lowest BCUT2D eigenvalue weighted by Crippen LogP contribution is -2.40. The molecule has 8 rings (SSSR count). The quantitative estimate of drug-likeness (QED) is 0.0197. The molecule has 0 unspecified atom stereocenters. The minimum atomic E-state index is -5.06. The van der Waals surface area contributed by atoms with Crippen molar-refractivity contribution in [2.45, 2.75) is 103 Å². The largest absolute Gasteiger partial charge is 0.468 e. The molecule has 0 atom stereocenters. The van der Waals surface area contributed by atoms with E-state index < -0.39 is 82.2 Å². The van der Waals surface area contributed by atoms with Crippen LogP contribution in [0.3, 0.4) is 0 Å². The number of benzene rings is 3. The summed E-state index contributed by atoms with van der Waals surface area (Å²) in [6.07, 6.45) is 3.99. The first-order valence-corrected chi connectivity index (χ1v) is 29.9. The van der Waals surface area contributed by atoms with E-state index in [2.05, 4.69) is 45.6 Å². The van der Waals surface area contributed by atoms with Crippen LogP contribution in [0, 0.1) is 11.6 Å². The van der Waals surface area contributed by atoms with E-state index in [0.717, 1.165) is 53.2 Å². The van der Waals surface area contributed by atoms with Crippen molar-refractivity contribution in [3.8, 4) is 33.0 Å². The third-order valence-corrected chi connectivity index (χ3v) is 16.8. The van der Waals surface area contributed by atoms with Gasteiger partial charge in [-0.15, -0.1) is 11.3 Å². The van der Waals surface area contributed by atoms with Crippen molar-refractivity contribution in [2.75, 3.05) is 56.0 Å². The minimum absolute atomic E-state index is 0.0234. The van der Waals surface area contributed by atoms with Crippen molar-refractivity contribution in [3.63, 3.8) is 0 Å². The summed E-state index contributed by atoms with van der Waals surface area (Å²) < 4.78 is 109. The van der Waals surface area contributed by atoms with Crippen LogP contribution in [-0.4, -0.2) is 129 Å². The molecule has 0 radical (unpaired) electrons. The van der Waals surface area contributed by atoms with E-state index in [-0.39, 0.29) is 81.1 Å². The molecule has 1 saturated heterocycles. The van der Waals surface area contributed by atoms with Gasteiger partial charge in [0.15, 0.2) is 11.5 Å². The first-order chi connectivity index (χ1) is 40.6. The van der Waals surface area contributed by atoms with Crippen molar-refractivity contribution >= 4 is 90.3 Å². The minimum Gasteiger partial charge on any atom is -0.468 e. The van der Waals surface area contributed by atoms with Gasteiger partial charge in [-0.2, -0.15) is 23.4 Å². The number of anilines is 2. The molecule has 29 heteroatoms. The SMILES string of the molecule is CCCS(=O)(=O)Nc1cccc(-c2nc(C3CCN(C(=O)CCCCCCCCNC(=O)CCC(=O)n4ncc5cc(F)c(-c6cccc7c6c(C(F)(F)F)nn7CC(=O)NCC(=O)NCC(=O)OC)cc54)CC3)sc2-c2ccnc(N)n2)c1F. The van der Waals surface area contributed by atoms with Crippen LogP contribution in [0.5, 0.6) is 0 Å². The number of amides is 4. The molecule has 1 fully saturated rings. The van der Waals surface area contributed by atoms with Crippen LogP contribution in [0.1, 0.15) is 105 Å². The van der Waals surface area contributed by atoms with Crippen LogP contribution < -0.4 is 26.4 Å². The number of nitrogen functional groups attached to an aromatic ring is 1. The van der Waals surface area contributed by atoms with Gasteiger partial charge in [0.1, 0.15) is 18.9 Å². The summed E-state index contributed by atoms with van der Waals surface area (Å²) in [5.41, 5.74) is 4.47. The topological polar surface area (TPSA) is 297 Å². The number of carbonyl (C=O) groups excluding carboxylic acids is 6. The Bertz CT molecular complexity index is 3730. The van der Waals surface area contributed by atoms with Crippen molar-refractivity contribution in [1.82, 2.24) is 55.4 Å². The highest BCUT2D eigenvalue weighted by molar-refractivity contribution is 7.92. The Balaban J connectivity index is 0.765. The standard InChI is InChI=1S/C56H62F5N13O9S2/c1-3-26-85(81,82)71-39-14-10-13-36(50(39)58)51-52(40-19-23-64-55(62)68-40)84-54(69-51)33-20-24-72(25-21-33)46(78)16-8-6-4-5-7-9-22-63-43(75)17-18-47(79)74-42-28-37(38(57)27-34(42)29-67-74)35-12-11-15-41-49(35)53(56(59,60)61)70-73(41)32-45(77)65-30-44(76)66-31-48(80)83-2/h10-15,19,23,27-29,33,71H,3-9,16-18,20-22,24-26,30-32H2,1-2H3,(H,63,75)(H,65,77)(H,66,76)(H2,62,64,68). The number of thiazole rings is 1. The van der Waals surface area contributed by atoms with Gasteiger partial charge in [0, 0.05) is 72.9 Å². The fourth-order valence-corrected chi connectivity index (χ4v) is 12.2. The molecule has 6 N–H and O–H groups in total. The third kappa shape index (κ3) is 15.8. The number of hydrogen-bond donors (Lipinski definition) is 5. The maximum Gasteiger partial charge on any atom is 0.435 e. The van der Waals surface area contributed by atoms with Gasteiger partial charge < -0.3 is 31.3 Å². The number of sulfonamides is 1. The average molecular weight is 1220 g/mol. The number of alkyl halides is 3. The number of nitrogens with two attached hydrogens (primary N) is 1. The number of halogens is 5. The number of ether oxygens (including phenoxy) is 1. The van der Waals surface area contributed by atoms with Crippen LogP contribution in [0.15, 0.2) is 67.0 Å². The number of nitrogens with zero attached hydrogens (tertiary/aromatic N) is 8. The summed E-state index contributed by atoms with van der Waals surface area (Å²) in [5.74, 6) is -5.22. The number of rotatable bonds is 26. The lowest BCUT2D eigenvalue weighted by atomic mass is 9.97. The molecular weight excluding hydrogens is 1160 g/mol. The van der Waals surface area contributed by atoms with Crippen LogP contribution in [0.4, 0.5) is 33.6 Å². The van der Waals surface area contributed by atoms with Gasteiger partial charge >= 0.3 is 12.1 Å². The maximum absolute atomic E-state index is 16.1. The van der Waals surface area contributed by atoms with Crippen molar-refractivity contribution < 1.29 is 63.9 Å². The molecule has 0 saturated carbocycles. The molecular formula is C56H62F5N13O9S2. The van der Waals surface area contributed by atoms with E-state index in [1.54, 1.807) is 19.1 Å². The van der Waals surface area contributed by atoms with Crippen molar-refractivity contribution in [2.24, 2.45) is 0 Å². The monoisotopic (exact) mass is 1220 g/mol. The predicted molar refractivity (Wildman–Crippen MR) is 306 cm³/mol. The molecule has 0 spiro atoms. The zero-order valence-corrected chi connectivity index (χ0v) is 48.0. The van der Waals surface area contributed by atoms with Gasteiger partial charge in [-0.3, -0.25) is 38.2 Å². The molecule has 0 bridgehead atoms. The number of nitrogens with one attached hydrogen (secondary N) is 4. The van der Waals surface area contributed by atoms with E-state index >= 15 is 8.78 Å². The van der Waals surface area contributed by atoms with Gasteiger partial charge in [-0.05, 0) is 74.1 Å². The van der Waals surface area contributed by atoms with Gasteiger partial charge in [0.2, 0.25) is 45.5 Å². The number of likely N-dealkylation sites (tertiary alicyclic amines) is 1. The Morgan fingerprint density at radius 1 is 0.800 bits per heavy atom. The number of esters is 1. The Morgan fingerprint density at radius 3 is 2.25 bits per heavy atom. The number of unbranched alkanes of at least 4 members (excludes halogenated alkanes) is 5. The van der Waals surface area contributed by atoms with Gasteiger partial charge in [0.05, 0.1) is 63.6 Å². The van der Waals surface area contributed by atoms with E-state index in [0.29, 0.717) is 74.4 Å². The zero-order valence-electron chi connectivity index (χ0n) is 46.4. The second kappa shape index (κ2) is 27.9. The smallest absolute Gasteiger partial charge is 0.435 e. The predicted octanol–water partition coefficient (Wildman–Crippen LogP) is 7.74. The molecule has 4 aromatic heterocycles. The third-order valence-electron chi connectivity index (χ3n) is 14.1. The fraction of sp³-hybridized carbons (Fsp3) is 0.411. The van der Waals surface area contributed by atoms with Crippen LogP contribution in [0.2, 0.25) is 0 Å². The van der Waals surface area contributed by atoms with E-state index in [4.69, 9.17) is 10.7 Å². The summed E-state index contributed by atoms with van der Waals surface area (Å²) in [4.78, 5) is 91.2. The summed E-state index contributed by atoms with van der Waals surface area (Å²) in [6, 6.07) is 12.2. The first kappa shape index (κ1) is 62.6. The second-order valence-corrected chi connectivity index (χ2v) is 23.0. The zero-order chi connectivity index (χ0) is 61.0. The lowest BCUT2D eigenvalue weighted by Gasteiger charge is -2.31. The van der Waals surface area contributed by atoms with Gasteiger partial charge in [-0.25, -0.2) is 36.8 Å². The molecule has 1 aliphatic rings. The summed E-state index contributed by atoms with van der Waals surface area (Å²) in [7, 11) is -2.66. The summed E-state index contributed by atoms with van der Waals surface area (Å²) in [6.45, 7) is 1.28. The highest BCUT2D eigenvalue weighted by atomic mass is 32.2. The van der Waals surface area contributed by atoms with Crippen molar-refractivity contribution in [3.05, 3.63) is 89.3 Å². The van der Waals surface area contributed by atoms with Crippen LogP contribution in [0.25, 0.3) is 54.8 Å². The van der Waals surface area contributed by atoms with E-state index in [1.165, 1.54) is 60.1 Å². The number of piperidine rings is 1. The highest BCUT2D eigenvalue weighted by Gasteiger charge is 2.39. The first-order valence-electron chi connectivity index (χ1n) is 27.5. The molecule has 22 nitrogen and oxygen atoms in total. The summed E-state index contributed by atoms with van der Waals surface area (Å²) in [5, 5.41) is 15.4. The summed E-state index contributed by atoms with van der Waals surface area (Å²) >= 11 is 1.35. The van der Waals surface area contributed by atoms with Crippen molar-refractivity contribution in [1.29, 1.82) is 0 Å². The van der Waals surface area contributed by atoms with E-state index in [1.807, 2.05) is 4.90 Å². The molecule has 452 valence electrons. The lowest BCUT2D eigenvalue weighted by molar-refractivity contribution is -0.141. The number of aromatic nitrogens is 7. The highest BCUT2D eigenvalue weighted by Crippen LogP contribution is 2.44. The molecule has 0 aliphatic carbocycles. The number of carbonyl (C=O) groups is 6. The average Bonchev–Trinajstić information content (AvgIpc) is 2.05. The molecule has 7 aromatic rings. The maximum atomic E-state index is 16.1. The molecule has 4 amide bonds. The second-order valence-electron chi connectivity index (χ2n) is 20.2. The Morgan fingerprint density at radius 2 is 1.52 bits per heavy atom. The molecule has 3 aromatic carbocycles. The van der Waals surface area contributed by atoms with Gasteiger partial charge in [0.25, 0.3) is 0 Å². The number of hydrogen-bond acceptors (Lipinski definition) is 16. The van der Waals surface area contributed by atoms with Crippen LogP contribution >= 0.6 is 11.3 Å². The Labute approximate surface area is 488 Å². The van der Waals surface area contributed by atoms with E-state index in [9.17, 15) is 50.4 Å². The fourth-order valence-electron chi connectivity index (χ4n) is 9.83. The molecule has 1 aliphatic heterocycles. The number of methoxy groups -OCH3 is 1. The van der Waals surface area contributed by atoms with Gasteiger partial charge in [-0.1, -0.05) is 50.8 Å². The Hall–Kier alpha value is -8.47. The Kier molecular flexibility index (Phi) is 20.6. The van der Waals surface area contributed by atoms with Crippen LogP contribution in [-0.2, 0) is 51.5 Å². The molecule has 5 heterocycles.